The summed E-state index contributed by atoms with van der Waals surface area (Å²) in [6.45, 7) is -0.0533. The summed E-state index contributed by atoms with van der Waals surface area (Å²) in [5.41, 5.74) is -0.514. The molecule has 2 fully saturated rings. The van der Waals surface area contributed by atoms with Crippen molar-refractivity contribution in [3.8, 4) is 0 Å². The molecule has 15 heavy (non-hydrogen) atoms. The summed E-state index contributed by atoms with van der Waals surface area (Å²) in [6.07, 6.45) is 3.61. The number of nitrogens with zero attached hydrogens (tertiary/aromatic N) is 1. The van der Waals surface area contributed by atoms with Crippen LogP contribution in [0.2, 0.25) is 0 Å². The van der Waals surface area contributed by atoms with Crippen LogP contribution >= 0.6 is 0 Å². The number of rotatable bonds is 2. The summed E-state index contributed by atoms with van der Waals surface area (Å²) in [5, 5.41) is 13.9. The number of aliphatic hydroxyl groups is 1. The van der Waals surface area contributed by atoms with E-state index in [4.69, 9.17) is 0 Å². The van der Waals surface area contributed by atoms with Gasteiger partial charge in [0.1, 0.15) is 0 Å². The van der Waals surface area contributed by atoms with Crippen LogP contribution in [0.25, 0.3) is 0 Å². The van der Waals surface area contributed by atoms with Crippen LogP contribution in [0.3, 0.4) is 0 Å². The smallest absolute Gasteiger partial charge is 0.316 e. The zero-order chi connectivity index (χ0) is 10.9. The van der Waals surface area contributed by atoms with Gasteiger partial charge in [-0.3, -0.25) is 20.2 Å². The average Bonchev–Trinajstić information content (AvgIpc) is 2.77. The number of carbonyl (C=O) groups is 2. The lowest BCUT2D eigenvalue weighted by molar-refractivity contribution is -0.135. The second-order valence-electron chi connectivity index (χ2n) is 3.96. The molecule has 0 aromatic rings. The van der Waals surface area contributed by atoms with Crippen molar-refractivity contribution in [2.75, 3.05) is 6.61 Å². The molecule has 1 saturated heterocycles. The molecular weight excluding hydrogens is 198 g/mol. The van der Waals surface area contributed by atoms with Crippen molar-refractivity contribution in [3.05, 3.63) is 0 Å². The molecule has 1 heterocycles. The Morgan fingerprint density at radius 2 is 1.73 bits per heavy atom. The zero-order valence-corrected chi connectivity index (χ0v) is 8.25. The molecule has 1 saturated carbocycles. The molecule has 6 heteroatoms. The first-order valence-electron chi connectivity index (χ1n) is 4.98. The number of amides is 2. The van der Waals surface area contributed by atoms with Crippen molar-refractivity contribution in [2.45, 2.75) is 31.2 Å². The van der Waals surface area contributed by atoms with Crippen LogP contribution in [0.15, 0.2) is 4.99 Å². The number of hydrogen-bond acceptors (Lipinski definition) is 4. The molecule has 2 aliphatic rings. The Morgan fingerprint density at radius 3 is 2.20 bits per heavy atom. The van der Waals surface area contributed by atoms with E-state index in [9.17, 15) is 14.7 Å². The minimum Gasteiger partial charge on any atom is -0.394 e. The Labute approximate surface area is 86.8 Å². The maximum atomic E-state index is 10.9. The van der Waals surface area contributed by atoms with Crippen LogP contribution in [0.1, 0.15) is 25.7 Å². The van der Waals surface area contributed by atoms with Crippen molar-refractivity contribution in [1.29, 1.82) is 0 Å². The lowest BCUT2D eigenvalue weighted by Crippen LogP contribution is -2.35. The van der Waals surface area contributed by atoms with E-state index < -0.39 is 17.4 Å². The highest BCUT2D eigenvalue weighted by molar-refractivity contribution is 6.45. The SMILES string of the molecule is O=C1NC(=NC2(CO)CCCC2)NC1=O. The molecule has 0 radical (unpaired) electrons. The molecule has 0 aromatic carbocycles. The molecule has 2 amide bonds. The normalized spacial score (nSPS) is 23.9. The molecular formula is C9H13N3O3. The maximum absolute atomic E-state index is 10.9. The first-order chi connectivity index (χ1) is 7.15. The quantitative estimate of drug-likeness (QED) is 0.506. The highest BCUT2D eigenvalue weighted by Crippen LogP contribution is 2.32. The summed E-state index contributed by atoms with van der Waals surface area (Å²) in [7, 11) is 0. The number of hydrogen-bond donors (Lipinski definition) is 3. The molecule has 0 unspecified atom stereocenters. The zero-order valence-electron chi connectivity index (χ0n) is 8.25. The molecule has 6 nitrogen and oxygen atoms in total. The predicted octanol–water partition coefficient (Wildman–Crippen LogP) is -1.11. The average molecular weight is 211 g/mol. The Balaban J connectivity index is 2.15. The van der Waals surface area contributed by atoms with Gasteiger partial charge in [0.2, 0.25) is 5.96 Å². The van der Waals surface area contributed by atoms with Gasteiger partial charge in [-0.05, 0) is 12.8 Å². The Bertz CT molecular complexity index is 313. The number of aliphatic hydroxyl groups excluding tert-OH is 1. The maximum Gasteiger partial charge on any atom is 0.316 e. The van der Waals surface area contributed by atoms with Crippen molar-refractivity contribution in [2.24, 2.45) is 4.99 Å². The van der Waals surface area contributed by atoms with E-state index in [2.05, 4.69) is 15.6 Å². The lowest BCUT2D eigenvalue weighted by Gasteiger charge is -2.21. The van der Waals surface area contributed by atoms with E-state index in [0.29, 0.717) is 0 Å². The van der Waals surface area contributed by atoms with E-state index in [1.165, 1.54) is 0 Å². The Hall–Kier alpha value is -1.43. The first kappa shape index (κ1) is 10.1. The van der Waals surface area contributed by atoms with Gasteiger partial charge in [-0.2, -0.15) is 0 Å². The number of guanidine groups is 1. The standard InChI is InChI=1S/C9H13N3O3/c13-5-9(3-1-2-4-9)12-8-10-6(14)7(15)11-8/h13H,1-5H2,(H2,10,11,12,14,15). The van der Waals surface area contributed by atoms with Gasteiger partial charge in [-0.15, -0.1) is 0 Å². The van der Waals surface area contributed by atoms with Crippen molar-refractivity contribution < 1.29 is 14.7 Å². The van der Waals surface area contributed by atoms with E-state index in [-0.39, 0.29) is 12.6 Å². The fourth-order valence-electron chi connectivity index (χ4n) is 1.99. The molecule has 0 aromatic heterocycles. The van der Waals surface area contributed by atoms with Crippen LogP contribution in [-0.2, 0) is 9.59 Å². The largest absolute Gasteiger partial charge is 0.394 e. The van der Waals surface area contributed by atoms with Gasteiger partial charge in [0.25, 0.3) is 0 Å². The third-order valence-corrected chi connectivity index (χ3v) is 2.85. The fourth-order valence-corrected chi connectivity index (χ4v) is 1.99. The van der Waals surface area contributed by atoms with Gasteiger partial charge in [-0.1, -0.05) is 12.8 Å². The second-order valence-corrected chi connectivity index (χ2v) is 3.96. The summed E-state index contributed by atoms with van der Waals surface area (Å²) < 4.78 is 0. The van der Waals surface area contributed by atoms with Gasteiger partial charge in [0.15, 0.2) is 0 Å². The lowest BCUT2D eigenvalue weighted by atomic mass is 10.0. The van der Waals surface area contributed by atoms with E-state index in [1.807, 2.05) is 0 Å². The molecule has 0 spiro atoms. The summed E-state index contributed by atoms with van der Waals surface area (Å²) >= 11 is 0. The van der Waals surface area contributed by atoms with E-state index in [0.717, 1.165) is 25.7 Å². The highest BCUT2D eigenvalue weighted by atomic mass is 16.3. The van der Waals surface area contributed by atoms with Gasteiger partial charge < -0.3 is 5.11 Å². The first-order valence-corrected chi connectivity index (χ1v) is 4.98. The van der Waals surface area contributed by atoms with Gasteiger partial charge in [0, 0.05) is 0 Å². The van der Waals surface area contributed by atoms with Crippen LogP contribution < -0.4 is 10.6 Å². The fraction of sp³-hybridized carbons (Fsp3) is 0.667. The van der Waals surface area contributed by atoms with E-state index >= 15 is 0 Å². The Kier molecular flexibility index (Phi) is 2.44. The number of aliphatic imine (C=N–C) groups is 1. The van der Waals surface area contributed by atoms with Crippen molar-refractivity contribution in [3.63, 3.8) is 0 Å². The summed E-state index contributed by atoms with van der Waals surface area (Å²) in [5.74, 6) is -1.22. The van der Waals surface area contributed by atoms with Crippen LogP contribution in [-0.4, -0.2) is 35.0 Å². The monoisotopic (exact) mass is 211 g/mol. The minimum absolute atomic E-state index is 0.0533. The summed E-state index contributed by atoms with van der Waals surface area (Å²) in [4.78, 5) is 26.0. The molecule has 82 valence electrons. The van der Waals surface area contributed by atoms with Crippen molar-refractivity contribution >= 4 is 17.8 Å². The van der Waals surface area contributed by atoms with Gasteiger partial charge in [-0.25, -0.2) is 4.99 Å². The topological polar surface area (TPSA) is 90.8 Å². The molecule has 0 bridgehead atoms. The van der Waals surface area contributed by atoms with Crippen LogP contribution in [0.5, 0.6) is 0 Å². The van der Waals surface area contributed by atoms with Crippen molar-refractivity contribution in [1.82, 2.24) is 10.6 Å². The Morgan fingerprint density at radius 1 is 1.20 bits per heavy atom. The molecule has 1 aliphatic heterocycles. The minimum atomic E-state index is -0.695. The van der Waals surface area contributed by atoms with Crippen LogP contribution in [0, 0.1) is 0 Å². The molecule has 1 aliphatic carbocycles. The molecule has 0 atom stereocenters. The second kappa shape index (κ2) is 3.62. The molecule has 2 rings (SSSR count). The molecule has 3 N–H and O–H groups in total. The highest BCUT2D eigenvalue weighted by Gasteiger charge is 2.35. The number of nitrogens with one attached hydrogen (secondary N) is 2. The third-order valence-electron chi connectivity index (χ3n) is 2.85. The predicted molar refractivity (Wildman–Crippen MR) is 52.0 cm³/mol. The van der Waals surface area contributed by atoms with E-state index in [1.54, 1.807) is 0 Å². The number of carbonyl (C=O) groups excluding carboxylic acids is 2. The van der Waals surface area contributed by atoms with Crippen LogP contribution in [0.4, 0.5) is 0 Å². The van der Waals surface area contributed by atoms with Gasteiger partial charge in [0.05, 0.1) is 12.1 Å². The summed E-state index contributed by atoms with van der Waals surface area (Å²) in [6, 6.07) is 0. The third kappa shape index (κ3) is 1.85. The van der Waals surface area contributed by atoms with Gasteiger partial charge >= 0.3 is 11.8 Å².